The number of rotatable bonds is 7. The molecular weight excluding hydrogens is 240 g/mol. The molecule has 0 aliphatic rings. The molecule has 5 nitrogen and oxygen atoms in total. The van der Waals surface area contributed by atoms with Gasteiger partial charge in [0.25, 0.3) is 5.91 Å². The Kier molecular flexibility index (Phi) is 6.25. The van der Waals surface area contributed by atoms with E-state index in [0.29, 0.717) is 30.0 Å². The first-order chi connectivity index (χ1) is 9.06. The van der Waals surface area contributed by atoms with Gasteiger partial charge in [-0.1, -0.05) is 20.3 Å². The molecule has 19 heavy (non-hydrogen) atoms. The summed E-state index contributed by atoms with van der Waals surface area (Å²) < 4.78 is 0. The van der Waals surface area contributed by atoms with Crippen molar-refractivity contribution in [2.24, 2.45) is 5.92 Å². The Hall–Kier alpha value is -1.65. The highest BCUT2D eigenvalue weighted by Gasteiger charge is 2.10. The lowest BCUT2D eigenvalue weighted by molar-refractivity contribution is 0.0950. The van der Waals surface area contributed by atoms with E-state index in [1.165, 1.54) is 6.42 Å². The molecule has 0 radical (unpaired) electrons. The predicted molar refractivity (Wildman–Crippen MR) is 77.2 cm³/mol. The van der Waals surface area contributed by atoms with Gasteiger partial charge in [-0.3, -0.25) is 4.79 Å². The van der Waals surface area contributed by atoms with Crippen molar-refractivity contribution in [1.29, 1.82) is 0 Å². The van der Waals surface area contributed by atoms with Gasteiger partial charge in [0.1, 0.15) is 5.82 Å². The van der Waals surface area contributed by atoms with Gasteiger partial charge in [-0.05, 0) is 38.3 Å². The van der Waals surface area contributed by atoms with Crippen LogP contribution in [0.15, 0.2) is 12.1 Å². The van der Waals surface area contributed by atoms with Crippen molar-refractivity contribution in [3.05, 3.63) is 17.8 Å². The van der Waals surface area contributed by atoms with Crippen molar-refractivity contribution < 1.29 is 4.79 Å². The molecule has 0 saturated heterocycles. The smallest absolute Gasteiger partial charge is 0.271 e. The minimum Gasteiger partial charge on any atom is -0.366 e. The van der Waals surface area contributed by atoms with E-state index in [4.69, 9.17) is 0 Å². The highest BCUT2D eigenvalue weighted by atomic mass is 16.1. The van der Waals surface area contributed by atoms with Crippen molar-refractivity contribution in [3.63, 3.8) is 0 Å². The molecule has 0 aliphatic carbocycles. The lowest BCUT2D eigenvalue weighted by atomic mass is 10.0. The number of anilines is 1. The van der Waals surface area contributed by atoms with E-state index in [9.17, 15) is 4.79 Å². The molecule has 2 atom stereocenters. The van der Waals surface area contributed by atoms with Crippen molar-refractivity contribution in [2.45, 2.75) is 46.6 Å². The molecule has 1 rings (SSSR count). The van der Waals surface area contributed by atoms with E-state index >= 15 is 0 Å². The van der Waals surface area contributed by atoms with E-state index in [0.717, 1.165) is 6.42 Å². The van der Waals surface area contributed by atoms with Crippen LogP contribution in [0.3, 0.4) is 0 Å². The Morgan fingerprint density at radius 1 is 1.26 bits per heavy atom. The summed E-state index contributed by atoms with van der Waals surface area (Å²) in [4.78, 5) is 11.5. The summed E-state index contributed by atoms with van der Waals surface area (Å²) in [5.74, 6) is 1.21. The zero-order valence-electron chi connectivity index (χ0n) is 12.2. The second-order valence-electron chi connectivity index (χ2n) is 4.96. The summed E-state index contributed by atoms with van der Waals surface area (Å²) in [6.45, 7) is 9.02. The number of aromatic nitrogens is 2. The van der Waals surface area contributed by atoms with Crippen LogP contribution >= 0.6 is 0 Å². The van der Waals surface area contributed by atoms with Crippen LogP contribution in [0, 0.1) is 5.92 Å². The van der Waals surface area contributed by atoms with Gasteiger partial charge in [0.2, 0.25) is 0 Å². The Bertz CT molecular complexity index is 391. The lowest BCUT2D eigenvalue weighted by Gasteiger charge is -2.17. The molecule has 2 N–H and O–H groups in total. The maximum Gasteiger partial charge on any atom is 0.271 e. The maximum absolute atomic E-state index is 11.5. The predicted octanol–water partition coefficient (Wildman–Crippen LogP) is 2.46. The molecule has 1 aromatic rings. The van der Waals surface area contributed by atoms with Crippen LogP contribution in [0.4, 0.5) is 5.82 Å². The summed E-state index contributed by atoms with van der Waals surface area (Å²) in [6.07, 6.45) is 2.27. The van der Waals surface area contributed by atoms with E-state index in [1.807, 2.05) is 6.92 Å². The third-order valence-corrected chi connectivity index (χ3v) is 3.08. The highest BCUT2D eigenvalue weighted by Crippen LogP contribution is 2.13. The topological polar surface area (TPSA) is 66.9 Å². The summed E-state index contributed by atoms with van der Waals surface area (Å²) in [5, 5.41) is 14.0. The molecule has 2 unspecified atom stereocenters. The Morgan fingerprint density at radius 3 is 2.53 bits per heavy atom. The number of hydrogen-bond acceptors (Lipinski definition) is 4. The number of carbonyl (C=O) groups is 1. The van der Waals surface area contributed by atoms with Gasteiger partial charge in [-0.2, -0.15) is 0 Å². The fraction of sp³-hybridized carbons (Fsp3) is 0.643. The first-order valence-electron chi connectivity index (χ1n) is 6.95. The summed E-state index contributed by atoms with van der Waals surface area (Å²) in [5.41, 5.74) is 0.349. The van der Waals surface area contributed by atoms with Gasteiger partial charge in [-0.15, -0.1) is 10.2 Å². The first-order valence-corrected chi connectivity index (χ1v) is 6.95. The Labute approximate surface area is 115 Å². The van der Waals surface area contributed by atoms with Crippen LogP contribution in [0.5, 0.6) is 0 Å². The number of carbonyl (C=O) groups excluding carboxylic acids is 1. The van der Waals surface area contributed by atoms with E-state index < -0.39 is 0 Å². The van der Waals surface area contributed by atoms with E-state index in [1.54, 1.807) is 12.1 Å². The van der Waals surface area contributed by atoms with Gasteiger partial charge in [0.15, 0.2) is 5.69 Å². The molecule has 1 heterocycles. The summed E-state index contributed by atoms with van der Waals surface area (Å²) >= 11 is 0. The third kappa shape index (κ3) is 5.24. The maximum atomic E-state index is 11.5. The molecule has 1 amide bonds. The van der Waals surface area contributed by atoms with E-state index in [-0.39, 0.29) is 5.91 Å². The van der Waals surface area contributed by atoms with Gasteiger partial charge < -0.3 is 10.6 Å². The monoisotopic (exact) mass is 264 g/mol. The molecule has 106 valence electrons. The van der Waals surface area contributed by atoms with Crippen LogP contribution in [0.25, 0.3) is 0 Å². The quantitative estimate of drug-likeness (QED) is 0.794. The molecule has 1 aromatic heterocycles. The molecule has 0 spiro atoms. The standard InChI is InChI=1S/C14H24N4O/c1-5-10(3)9-11(4)16-13-8-7-12(17-18-13)14(19)15-6-2/h7-8,10-11H,5-6,9H2,1-4H3,(H,15,19)(H,16,18). The first kappa shape index (κ1) is 15.4. The second kappa shape index (κ2) is 7.71. The largest absolute Gasteiger partial charge is 0.366 e. The van der Waals surface area contributed by atoms with Crippen molar-refractivity contribution in [3.8, 4) is 0 Å². The van der Waals surface area contributed by atoms with Gasteiger partial charge in [-0.25, -0.2) is 0 Å². The van der Waals surface area contributed by atoms with E-state index in [2.05, 4.69) is 41.6 Å². The average molecular weight is 264 g/mol. The second-order valence-corrected chi connectivity index (χ2v) is 4.96. The fourth-order valence-corrected chi connectivity index (χ4v) is 1.86. The molecule has 0 saturated carbocycles. The number of nitrogens with zero attached hydrogens (tertiary/aromatic N) is 2. The minimum atomic E-state index is -0.186. The molecule has 5 heteroatoms. The normalized spacial score (nSPS) is 13.7. The number of amides is 1. The van der Waals surface area contributed by atoms with Gasteiger partial charge >= 0.3 is 0 Å². The Balaban J connectivity index is 2.54. The zero-order chi connectivity index (χ0) is 14.3. The number of hydrogen-bond donors (Lipinski definition) is 2. The molecule has 0 aliphatic heterocycles. The molecular formula is C14H24N4O. The van der Waals surface area contributed by atoms with Crippen LogP contribution in [0.2, 0.25) is 0 Å². The van der Waals surface area contributed by atoms with Crippen LogP contribution < -0.4 is 10.6 Å². The van der Waals surface area contributed by atoms with Crippen molar-refractivity contribution >= 4 is 11.7 Å². The van der Waals surface area contributed by atoms with Crippen LogP contribution in [0.1, 0.15) is 51.0 Å². The SMILES string of the molecule is CCNC(=O)c1ccc(NC(C)CC(C)CC)nn1. The Morgan fingerprint density at radius 2 is 2.00 bits per heavy atom. The van der Waals surface area contributed by atoms with Crippen LogP contribution in [-0.2, 0) is 0 Å². The molecule has 0 fully saturated rings. The average Bonchev–Trinajstić information content (AvgIpc) is 2.39. The van der Waals surface area contributed by atoms with Crippen molar-refractivity contribution in [2.75, 3.05) is 11.9 Å². The molecule has 0 aromatic carbocycles. The molecule has 0 bridgehead atoms. The summed E-state index contributed by atoms with van der Waals surface area (Å²) in [7, 11) is 0. The third-order valence-electron chi connectivity index (χ3n) is 3.08. The summed E-state index contributed by atoms with van der Waals surface area (Å²) in [6, 6.07) is 3.83. The van der Waals surface area contributed by atoms with Crippen molar-refractivity contribution in [1.82, 2.24) is 15.5 Å². The number of nitrogens with one attached hydrogen (secondary N) is 2. The van der Waals surface area contributed by atoms with Gasteiger partial charge in [0.05, 0.1) is 0 Å². The van der Waals surface area contributed by atoms with Gasteiger partial charge in [0, 0.05) is 12.6 Å². The zero-order valence-corrected chi connectivity index (χ0v) is 12.2. The fourth-order valence-electron chi connectivity index (χ4n) is 1.86. The minimum absolute atomic E-state index is 0.186. The highest BCUT2D eigenvalue weighted by molar-refractivity contribution is 5.92. The van der Waals surface area contributed by atoms with Crippen LogP contribution in [-0.4, -0.2) is 28.7 Å². The lowest BCUT2D eigenvalue weighted by Crippen LogP contribution is -2.24.